The largest absolute Gasteiger partial charge is 0.464 e. The lowest BCUT2D eigenvalue weighted by molar-refractivity contribution is 0.0594. The highest BCUT2D eigenvalue weighted by Crippen LogP contribution is 2.30. The molecule has 1 aromatic carbocycles. The van der Waals surface area contributed by atoms with Crippen LogP contribution in [0.4, 0.5) is 0 Å². The first-order chi connectivity index (χ1) is 9.19. The van der Waals surface area contributed by atoms with E-state index in [0.717, 1.165) is 21.9 Å². The van der Waals surface area contributed by atoms with Crippen molar-refractivity contribution in [2.24, 2.45) is 5.92 Å². The minimum atomic E-state index is -0.379. The van der Waals surface area contributed by atoms with Gasteiger partial charge in [-0.2, -0.15) is 5.10 Å². The van der Waals surface area contributed by atoms with Gasteiger partial charge < -0.3 is 4.74 Å². The molecule has 2 aromatic rings. The molecule has 1 aromatic heterocycles. The van der Waals surface area contributed by atoms with Crippen molar-refractivity contribution in [2.45, 2.75) is 25.8 Å². The number of nitrogens with zero attached hydrogens (tertiary/aromatic N) is 2. The molecule has 1 aliphatic carbocycles. The van der Waals surface area contributed by atoms with Crippen LogP contribution in [0.3, 0.4) is 0 Å². The zero-order valence-corrected chi connectivity index (χ0v) is 12.3. The number of methoxy groups -OCH3 is 1. The zero-order valence-electron chi connectivity index (χ0n) is 10.7. The van der Waals surface area contributed by atoms with Gasteiger partial charge in [0.15, 0.2) is 5.69 Å². The molecule has 1 aliphatic rings. The maximum Gasteiger partial charge on any atom is 0.359 e. The second-order valence-corrected chi connectivity index (χ2v) is 5.90. The summed E-state index contributed by atoms with van der Waals surface area (Å²) in [5, 5.41) is 5.29. The molecular formula is C14H15BrN2O2. The Balaban J connectivity index is 2.08. The summed E-state index contributed by atoms with van der Waals surface area (Å²) in [6.45, 7) is 0.884. The monoisotopic (exact) mass is 322 g/mol. The van der Waals surface area contributed by atoms with Crippen LogP contribution in [-0.2, 0) is 11.3 Å². The average Bonchev–Trinajstić information content (AvgIpc) is 2.71. The molecule has 19 heavy (non-hydrogen) atoms. The molecule has 0 radical (unpaired) electrons. The molecule has 0 atom stereocenters. The topological polar surface area (TPSA) is 44.1 Å². The Morgan fingerprint density at radius 1 is 1.53 bits per heavy atom. The highest BCUT2D eigenvalue weighted by Gasteiger charge is 2.22. The molecular weight excluding hydrogens is 308 g/mol. The molecule has 0 amide bonds. The van der Waals surface area contributed by atoms with Gasteiger partial charge in [-0.25, -0.2) is 4.79 Å². The number of fused-ring (bicyclic) bond motifs is 1. The normalized spacial score (nSPS) is 15.5. The SMILES string of the molecule is COC(=O)c1nn(CC2CCC2)c2ccc(Br)cc12. The molecule has 0 bridgehead atoms. The van der Waals surface area contributed by atoms with E-state index in [-0.39, 0.29) is 5.97 Å². The fourth-order valence-corrected chi connectivity index (χ4v) is 2.82. The Labute approximate surface area is 119 Å². The van der Waals surface area contributed by atoms with Crippen LogP contribution in [0.5, 0.6) is 0 Å². The zero-order chi connectivity index (χ0) is 13.4. The lowest BCUT2D eigenvalue weighted by Gasteiger charge is -2.25. The van der Waals surface area contributed by atoms with Crippen LogP contribution < -0.4 is 0 Å². The van der Waals surface area contributed by atoms with E-state index in [4.69, 9.17) is 4.74 Å². The minimum absolute atomic E-state index is 0.379. The van der Waals surface area contributed by atoms with E-state index < -0.39 is 0 Å². The Hall–Kier alpha value is -1.36. The van der Waals surface area contributed by atoms with Gasteiger partial charge in [0.2, 0.25) is 0 Å². The van der Waals surface area contributed by atoms with Gasteiger partial charge >= 0.3 is 5.97 Å². The highest BCUT2D eigenvalue weighted by molar-refractivity contribution is 9.10. The minimum Gasteiger partial charge on any atom is -0.464 e. The van der Waals surface area contributed by atoms with Crippen molar-refractivity contribution in [3.63, 3.8) is 0 Å². The van der Waals surface area contributed by atoms with Crippen molar-refractivity contribution in [3.8, 4) is 0 Å². The van der Waals surface area contributed by atoms with E-state index in [1.807, 2.05) is 22.9 Å². The number of carbonyl (C=O) groups excluding carboxylic acids is 1. The summed E-state index contributed by atoms with van der Waals surface area (Å²) >= 11 is 3.43. The smallest absolute Gasteiger partial charge is 0.359 e. The van der Waals surface area contributed by atoms with Gasteiger partial charge in [0.05, 0.1) is 12.6 Å². The molecule has 100 valence electrons. The second-order valence-electron chi connectivity index (χ2n) is 4.98. The number of rotatable bonds is 3. The Kier molecular flexibility index (Phi) is 3.31. The lowest BCUT2D eigenvalue weighted by Crippen LogP contribution is -2.19. The summed E-state index contributed by atoms with van der Waals surface area (Å²) in [6, 6.07) is 5.89. The summed E-state index contributed by atoms with van der Waals surface area (Å²) in [7, 11) is 1.39. The number of esters is 1. The van der Waals surface area contributed by atoms with E-state index in [9.17, 15) is 4.79 Å². The average molecular weight is 323 g/mol. The van der Waals surface area contributed by atoms with Gasteiger partial charge in [-0.05, 0) is 37.0 Å². The number of carbonyl (C=O) groups is 1. The van der Waals surface area contributed by atoms with Gasteiger partial charge in [-0.15, -0.1) is 0 Å². The molecule has 0 N–H and O–H groups in total. The molecule has 5 heteroatoms. The van der Waals surface area contributed by atoms with Crippen LogP contribution in [0, 0.1) is 5.92 Å². The number of halogens is 1. The van der Waals surface area contributed by atoms with Gasteiger partial charge in [0, 0.05) is 16.4 Å². The summed E-state index contributed by atoms with van der Waals surface area (Å²) < 4.78 is 7.69. The molecule has 3 rings (SSSR count). The maximum absolute atomic E-state index is 11.8. The van der Waals surface area contributed by atoms with Crippen LogP contribution in [0.25, 0.3) is 10.9 Å². The summed E-state index contributed by atoms with van der Waals surface area (Å²) in [6.07, 6.45) is 3.82. The molecule has 0 spiro atoms. The van der Waals surface area contributed by atoms with Crippen molar-refractivity contribution in [2.75, 3.05) is 7.11 Å². The molecule has 0 aliphatic heterocycles. The third kappa shape index (κ3) is 2.27. The van der Waals surface area contributed by atoms with Gasteiger partial charge in [0.1, 0.15) is 0 Å². The third-order valence-corrected chi connectivity index (χ3v) is 4.24. The van der Waals surface area contributed by atoms with Crippen LogP contribution in [-0.4, -0.2) is 22.9 Å². The molecule has 4 nitrogen and oxygen atoms in total. The standard InChI is InChI=1S/C14H15BrN2O2/c1-19-14(18)13-11-7-10(15)5-6-12(11)17(16-13)8-9-3-2-4-9/h5-7,9H,2-4,8H2,1H3. The van der Waals surface area contributed by atoms with E-state index in [1.165, 1.54) is 26.4 Å². The van der Waals surface area contributed by atoms with Crippen LogP contribution in [0.2, 0.25) is 0 Å². The Morgan fingerprint density at radius 3 is 2.95 bits per heavy atom. The van der Waals surface area contributed by atoms with Crippen molar-refractivity contribution in [3.05, 3.63) is 28.4 Å². The van der Waals surface area contributed by atoms with Gasteiger partial charge in [0.25, 0.3) is 0 Å². The molecule has 1 saturated carbocycles. The van der Waals surface area contributed by atoms with E-state index >= 15 is 0 Å². The first kappa shape index (κ1) is 12.7. The van der Waals surface area contributed by atoms with Crippen molar-refractivity contribution in [1.82, 2.24) is 9.78 Å². The predicted molar refractivity (Wildman–Crippen MR) is 76.1 cm³/mol. The summed E-state index contributed by atoms with van der Waals surface area (Å²) in [5.41, 5.74) is 1.40. The lowest BCUT2D eigenvalue weighted by atomic mass is 9.85. The van der Waals surface area contributed by atoms with Gasteiger partial charge in [-0.3, -0.25) is 4.68 Å². The first-order valence-corrected chi connectivity index (χ1v) is 7.22. The number of benzene rings is 1. The Bertz CT molecular complexity index is 632. The Morgan fingerprint density at radius 2 is 2.32 bits per heavy atom. The van der Waals surface area contributed by atoms with Crippen molar-refractivity contribution < 1.29 is 9.53 Å². The molecule has 0 unspecified atom stereocenters. The number of hydrogen-bond acceptors (Lipinski definition) is 3. The fraction of sp³-hybridized carbons (Fsp3) is 0.429. The van der Waals surface area contributed by atoms with Gasteiger partial charge in [-0.1, -0.05) is 22.4 Å². The van der Waals surface area contributed by atoms with E-state index in [2.05, 4.69) is 21.0 Å². The fourth-order valence-electron chi connectivity index (χ4n) is 2.46. The van der Waals surface area contributed by atoms with E-state index in [0.29, 0.717) is 11.6 Å². The molecule has 1 heterocycles. The highest BCUT2D eigenvalue weighted by atomic mass is 79.9. The van der Waals surface area contributed by atoms with E-state index in [1.54, 1.807) is 0 Å². The summed E-state index contributed by atoms with van der Waals surface area (Å²) in [5.74, 6) is 0.313. The van der Waals surface area contributed by atoms with Crippen LogP contribution >= 0.6 is 15.9 Å². The first-order valence-electron chi connectivity index (χ1n) is 6.43. The van der Waals surface area contributed by atoms with Crippen molar-refractivity contribution >= 4 is 32.8 Å². The predicted octanol–water partition coefficient (Wildman–Crippen LogP) is 3.39. The third-order valence-electron chi connectivity index (χ3n) is 3.75. The number of ether oxygens (including phenoxy) is 1. The number of aromatic nitrogens is 2. The van der Waals surface area contributed by atoms with Crippen molar-refractivity contribution in [1.29, 1.82) is 0 Å². The molecule has 0 saturated heterocycles. The van der Waals surface area contributed by atoms with Crippen LogP contribution in [0.15, 0.2) is 22.7 Å². The maximum atomic E-state index is 11.8. The molecule has 1 fully saturated rings. The second kappa shape index (κ2) is 4.96. The van der Waals surface area contributed by atoms with Crippen LogP contribution in [0.1, 0.15) is 29.8 Å². The number of hydrogen-bond donors (Lipinski definition) is 0. The summed E-state index contributed by atoms with van der Waals surface area (Å²) in [4.78, 5) is 11.8. The quantitative estimate of drug-likeness (QED) is 0.813.